The van der Waals surface area contributed by atoms with Gasteiger partial charge in [0.05, 0.1) is 12.1 Å². The number of allylic oxidation sites excluding steroid dienone is 1. The molecule has 3 nitrogen and oxygen atoms in total. The highest BCUT2D eigenvalue weighted by molar-refractivity contribution is 5.73. The molecule has 1 rings (SSSR count). The van der Waals surface area contributed by atoms with Crippen LogP contribution in [0.2, 0.25) is 0 Å². The molecular weight excluding hydrogens is 226 g/mol. The smallest absolute Gasteiger partial charge is 0.217 e. The second-order valence-corrected chi connectivity index (χ2v) is 4.45. The molecule has 18 heavy (non-hydrogen) atoms. The van der Waals surface area contributed by atoms with Crippen LogP contribution in [0.4, 0.5) is 0 Å². The number of carbonyl (C=O) groups is 1. The lowest BCUT2D eigenvalue weighted by Gasteiger charge is -2.17. The molecule has 0 bridgehead atoms. The molecular formula is C15H21NO2. The maximum absolute atomic E-state index is 10.8. The molecule has 3 heteroatoms. The molecule has 0 aliphatic carbocycles. The van der Waals surface area contributed by atoms with Crippen molar-refractivity contribution in [1.82, 2.24) is 5.32 Å². The molecule has 1 aromatic rings. The van der Waals surface area contributed by atoms with Crippen molar-refractivity contribution in [2.45, 2.75) is 38.8 Å². The molecule has 0 saturated heterocycles. The van der Waals surface area contributed by atoms with Crippen molar-refractivity contribution in [2.24, 2.45) is 0 Å². The Bertz CT molecular complexity index is 387. The van der Waals surface area contributed by atoms with E-state index in [4.69, 9.17) is 0 Å². The Labute approximate surface area is 109 Å². The van der Waals surface area contributed by atoms with Gasteiger partial charge in [0.1, 0.15) is 0 Å². The lowest BCUT2D eigenvalue weighted by Crippen LogP contribution is -2.39. The zero-order valence-electron chi connectivity index (χ0n) is 11.0. The fourth-order valence-electron chi connectivity index (χ4n) is 1.69. The minimum absolute atomic E-state index is 0.116. The van der Waals surface area contributed by atoms with Crippen LogP contribution in [0, 0.1) is 0 Å². The van der Waals surface area contributed by atoms with Crippen LogP contribution in [-0.4, -0.2) is 23.2 Å². The summed E-state index contributed by atoms with van der Waals surface area (Å²) < 4.78 is 0. The first-order valence-electron chi connectivity index (χ1n) is 6.23. The standard InChI is InChI=1S/C15H21NO2/c1-12(16-13(2)17)15(18)11-7-6-10-14-8-4-3-5-9-14/h3-9,12,15,18H,10-11H2,1-2H3,(H,16,17)/b7-6+/t12-,15+/m0/s1. The van der Waals surface area contributed by atoms with Crippen LogP contribution in [0.25, 0.3) is 0 Å². The Morgan fingerprint density at radius 3 is 2.61 bits per heavy atom. The molecule has 0 fully saturated rings. The summed E-state index contributed by atoms with van der Waals surface area (Å²) in [6.07, 6.45) is 4.87. The molecule has 2 atom stereocenters. The molecule has 0 spiro atoms. The van der Waals surface area contributed by atoms with Crippen LogP contribution in [0.3, 0.4) is 0 Å². The van der Waals surface area contributed by atoms with Crippen molar-refractivity contribution in [3.8, 4) is 0 Å². The fourth-order valence-corrected chi connectivity index (χ4v) is 1.69. The summed E-state index contributed by atoms with van der Waals surface area (Å²) >= 11 is 0. The molecule has 0 aliphatic rings. The second kappa shape index (κ2) is 7.67. The minimum Gasteiger partial charge on any atom is -0.391 e. The van der Waals surface area contributed by atoms with Crippen LogP contribution in [0.5, 0.6) is 0 Å². The first kappa shape index (κ1) is 14.5. The van der Waals surface area contributed by atoms with E-state index in [1.165, 1.54) is 12.5 Å². The number of amides is 1. The number of hydrogen-bond acceptors (Lipinski definition) is 2. The van der Waals surface area contributed by atoms with Crippen molar-refractivity contribution in [1.29, 1.82) is 0 Å². The Balaban J connectivity index is 2.29. The summed E-state index contributed by atoms with van der Waals surface area (Å²) in [5.41, 5.74) is 1.25. The van der Waals surface area contributed by atoms with Gasteiger partial charge in [-0.15, -0.1) is 0 Å². The molecule has 98 valence electrons. The third kappa shape index (κ3) is 5.64. The third-order valence-corrected chi connectivity index (χ3v) is 2.75. The summed E-state index contributed by atoms with van der Waals surface area (Å²) in [7, 11) is 0. The Morgan fingerprint density at radius 1 is 1.33 bits per heavy atom. The van der Waals surface area contributed by atoms with Gasteiger partial charge in [-0.05, 0) is 25.3 Å². The summed E-state index contributed by atoms with van der Waals surface area (Å²) in [6, 6.07) is 9.94. The van der Waals surface area contributed by atoms with Crippen molar-refractivity contribution < 1.29 is 9.90 Å². The van der Waals surface area contributed by atoms with Gasteiger partial charge in [-0.2, -0.15) is 0 Å². The van der Waals surface area contributed by atoms with Gasteiger partial charge >= 0.3 is 0 Å². The Kier molecular flexibility index (Phi) is 6.15. The minimum atomic E-state index is -0.541. The maximum Gasteiger partial charge on any atom is 0.217 e. The van der Waals surface area contributed by atoms with E-state index < -0.39 is 6.10 Å². The quantitative estimate of drug-likeness (QED) is 0.756. The van der Waals surface area contributed by atoms with Crippen LogP contribution >= 0.6 is 0 Å². The first-order valence-corrected chi connectivity index (χ1v) is 6.23. The van der Waals surface area contributed by atoms with Gasteiger partial charge in [-0.1, -0.05) is 42.5 Å². The monoisotopic (exact) mass is 247 g/mol. The van der Waals surface area contributed by atoms with Crippen LogP contribution < -0.4 is 5.32 Å². The number of benzene rings is 1. The number of aliphatic hydroxyl groups excluding tert-OH is 1. The van der Waals surface area contributed by atoms with Gasteiger partial charge in [0, 0.05) is 6.92 Å². The van der Waals surface area contributed by atoms with Crippen molar-refractivity contribution in [3.05, 3.63) is 48.0 Å². The molecule has 0 heterocycles. The molecule has 1 amide bonds. The van der Waals surface area contributed by atoms with Gasteiger partial charge in [-0.3, -0.25) is 4.79 Å². The number of carbonyl (C=O) groups excluding carboxylic acids is 1. The van der Waals surface area contributed by atoms with Crippen molar-refractivity contribution in [2.75, 3.05) is 0 Å². The summed E-state index contributed by atoms with van der Waals surface area (Å²) in [5, 5.41) is 12.5. The van der Waals surface area contributed by atoms with E-state index in [0.29, 0.717) is 6.42 Å². The topological polar surface area (TPSA) is 49.3 Å². The van der Waals surface area contributed by atoms with E-state index in [-0.39, 0.29) is 11.9 Å². The molecule has 1 aromatic carbocycles. The molecule has 2 N–H and O–H groups in total. The summed E-state index contributed by atoms with van der Waals surface area (Å²) in [4.78, 5) is 10.8. The van der Waals surface area contributed by atoms with Crippen LogP contribution in [-0.2, 0) is 11.2 Å². The number of hydrogen-bond donors (Lipinski definition) is 2. The van der Waals surface area contributed by atoms with E-state index in [1.54, 1.807) is 6.92 Å². The third-order valence-electron chi connectivity index (χ3n) is 2.75. The number of aliphatic hydroxyl groups is 1. The molecule has 0 unspecified atom stereocenters. The SMILES string of the molecule is CC(=O)N[C@@H](C)[C@H](O)C/C=C/Cc1ccccc1. The fraction of sp³-hybridized carbons (Fsp3) is 0.400. The predicted octanol–water partition coefficient (Wildman–Crippen LogP) is 2.06. The van der Waals surface area contributed by atoms with E-state index in [9.17, 15) is 9.90 Å². The zero-order chi connectivity index (χ0) is 13.4. The normalized spacial score (nSPS) is 14.4. The molecule has 0 aliphatic heterocycles. The largest absolute Gasteiger partial charge is 0.391 e. The highest BCUT2D eigenvalue weighted by atomic mass is 16.3. The van der Waals surface area contributed by atoms with Gasteiger partial charge in [0.25, 0.3) is 0 Å². The highest BCUT2D eigenvalue weighted by Crippen LogP contribution is 2.03. The van der Waals surface area contributed by atoms with Crippen LogP contribution in [0.15, 0.2) is 42.5 Å². The number of nitrogens with one attached hydrogen (secondary N) is 1. The predicted molar refractivity (Wildman–Crippen MR) is 73.2 cm³/mol. The van der Waals surface area contributed by atoms with E-state index >= 15 is 0 Å². The summed E-state index contributed by atoms with van der Waals surface area (Å²) in [5.74, 6) is -0.116. The lowest BCUT2D eigenvalue weighted by atomic mass is 10.1. The van der Waals surface area contributed by atoms with Gasteiger partial charge in [0.2, 0.25) is 5.91 Å². The van der Waals surface area contributed by atoms with Gasteiger partial charge < -0.3 is 10.4 Å². The molecule has 0 saturated carbocycles. The van der Waals surface area contributed by atoms with E-state index in [0.717, 1.165) is 6.42 Å². The second-order valence-electron chi connectivity index (χ2n) is 4.45. The van der Waals surface area contributed by atoms with Crippen molar-refractivity contribution in [3.63, 3.8) is 0 Å². The van der Waals surface area contributed by atoms with Gasteiger partial charge in [-0.25, -0.2) is 0 Å². The first-order chi connectivity index (χ1) is 8.59. The van der Waals surface area contributed by atoms with Gasteiger partial charge in [0.15, 0.2) is 0 Å². The molecule has 0 aromatic heterocycles. The highest BCUT2D eigenvalue weighted by Gasteiger charge is 2.12. The summed E-state index contributed by atoms with van der Waals surface area (Å²) in [6.45, 7) is 3.26. The number of rotatable bonds is 6. The average Bonchev–Trinajstić information content (AvgIpc) is 2.34. The van der Waals surface area contributed by atoms with Crippen molar-refractivity contribution >= 4 is 5.91 Å². The van der Waals surface area contributed by atoms with Crippen LogP contribution in [0.1, 0.15) is 25.8 Å². The zero-order valence-corrected chi connectivity index (χ0v) is 11.0. The maximum atomic E-state index is 10.8. The molecule has 0 radical (unpaired) electrons. The van der Waals surface area contributed by atoms with E-state index in [2.05, 4.69) is 17.4 Å². The van der Waals surface area contributed by atoms with E-state index in [1.807, 2.05) is 30.4 Å². The Hall–Kier alpha value is -1.61. The average molecular weight is 247 g/mol. The Morgan fingerprint density at radius 2 is 2.00 bits per heavy atom. The lowest BCUT2D eigenvalue weighted by molar-refractivity contribution is -0.120.